The number of aromatic nitrogens is 5. The second kappa shape index (κ2) is 7.36. The molecule has 1 aromatic carbocycles. The standard InChI is InChI=1S/C24H28N6/c1-14(2)30-13-20(15(3)29-30)23-27-22-19(10-11-26-24(22)28-23)17-8-9-18-16(12-17)6-4-5-7-21(18)25/h8-14,21H,4-7,25H2,1-3H3,(H,26,27,28)/t21-/m1/s1. The van der Waals surface area contributed by atoms with Crippen molar-refractivity contribution in [2.45, 2.75) is 58.5 Å². The van der Waals surface area contributed by atoms with Crippen molar-refractivity contribution in [1.29, 1.82) is 0 Å². The number of benzene rings is 1. The maximum Gasteiger partial charge on any atom is 0.158 e. The van der Waals surface area contributed by atoms with E-state index in [2.05, 4.69) is 59.4 Å². The van der Waals surface area contributed by atoms with E-state index >= 15 is 0 Å². The molecule has 0 radical (unpaired) electrons. The van der Waals surface area contributed by atoms with E-state index in [-0.39, 0.29) is 6.04 Å². The second-order valence-electron chi connectivity index (χ2n) is 8.61. The Morgan fingerprint density at radius 3 is 2.83 bits per heavy atom. The first-order chi connectivity index (χ1) is 14.5. The zero-order valence-corrected chi connectivity index (χ0v) is 17.8. The molecule has 0 amide bonds. The number of H-pyrrole nitrogens is 1. The van der Waals surface area contributed by atoms with Crippen molar-refractivity contribution < 1.29 is 0 Å². The van der Waals surface area contributed by atoms with Gasteiger partial charge in [0.2, 0.25) is 0 Å². The third-order valence-electron chi connectivity index (χ3n) is 6.15. The highest BCUT2D eigenvalue weighted by Gasteiger charge is 2.19. The zero-order chi connectivity index (χ0) is 20.8. The Labute approximate surface area is 176 Å². The van der Waals surface area contributed by atoms with Gasteiger partial charge in [0.25, 0.3) is 0 Å². The highest BCUT2D eigenvalue weighted by atomic mass is 15.3. The van der Waals surface area contributed by atoms with Crippen LogP contribution in [-0.4, -0.2) is 24.7 Å². The molecular formula is C24H28N6. The molecule has 6 heteroatoms. The summed E-state index contributed by atoms with van der Waals surface area (Å²) >= 11 is 0. The van der Waals surface area contributed by atoms with E-state index in [4.69, 9.17) is 10.7 Å². The normalized spacial score (nSPS) is 16.8. The Balaban J connectivity index is 1.61. The number of aryl methyl sites for hydroxylation is 2. The summed E-state index contributed by atoms with van der Waals surface area (Å²) in [7, 11) is 0. The molecule has 4 aromatic rings. The van der Waals surface area contributed by atoms with Crippen molar-refractivity contribution >= 4 is 11.2 Å². The van der Waals surface area contributed by atoms with Crippen LogP contribution in [0.5, 0.6) is 0 Å². The topological polar surface area (TPSA) is 85.4 Å². The number of nitrogens with two attached hydrogens (primary N) is 1. The average molecular weight is 401 g/mol. The van der Waals surface area contributed by atoms with E-state index in [1.54, 1.807) is 0 Å². The summed E-state index contributed by atoms with van der Waals surface area (Å²) in [6.07, 6.45) is 8.45. The van der Waals surface area contributed by atoms with Crippen LogP contribution in [0, 0.1) is 6.92 Å². The van der Waals surface area contributed by atoms with Crippen LogP contribution in [0.2, 0.25) is 0 Å². The first-order valence-corrected chi connectivity index (χ1v) is 10.8. The molecule has 3 heterocycles. The van der Waals surface area contributed by atoms with Crippen molar-refractivity contribution in [3.63, 3.8) is 0 Å². The Morgan fingerprint density at radius 1 is 1.17 bits per heavy atom. The lowest BCUT2D eigenvalue weighted by molar-refractivity contribution is 0.529. The molecule has 3 aromatic heterocycles. The van der Waals surface area contributed by atoms with Gasteiger partial charge in [-0.3, -0.25) is 4.68 Å². The number of fused-ring (bicyclic) bond motifs is 2. The molecule has 1 atom stereocenters. The fraction of sp³-hybridized carbons (Fsp3) is 0.375. The number of hydrogen-bond donors (Lipinski definition) is 2. The van der Waals surface area contributed by atoms with Gasteiger partial charge in [-0.15, -0.1) is 0 Å². The molecule has 0 fully saturated rings. The van der Waals surface area contributed by atoms with Crippen molar-refractivity contribution in [2.24, 2.45) is 5.73 Å². The molecule has 0 unspecified atom stereocenters. The van der Waals surface area contributed by atoms with Crippen LogP contribution in [0.3, 0.4) is 0 Å². The van der Waals surface area contributed by atoms with Gasteiger partial charge in [-0.2, -0.15) is 5.10 Å². The molecule has 30 heavy (non-hydrogen) atoms. The maximum atomic E-state index is 6.40. The number of imidazole rings is 1. The van der Waals surface area contributed by atoms with Crippen LogP contribution in [-0.2, 0) is 6.42 Å². The molecule has 3 N–H and O–H groups in total. The van der Waals surface area contributed by atoms with Gasteiger partial charge in [0.05, 0.1) is 11.3 Å². The number of hydrogen-bond acceptors (Lipinski definition) is 4. The quantitative estimate of drug-likeness (QED) is 0.468. The van der Waals surface area contributed by atoms with Gasteiger partial charge in [0, 0.05) is 30.0 Å². The fourth-order valence-electron chi connectivity index (χ4n) is 4.44. The molecule has 1 aliphatic rings. The van der Waals surface area contributed by atoms with E-state index in [1.807, 2.05) is 17.8 Å². The molecule has 0 spiro atoms. The van der Waals surface area contributed by atoms with Crippen LogP contribution >= 0.6 is 0 Å². The minimum absolute atomic E-state index is 0.145. The SMILES string of the molecule is Cc1nn(C(C)C)cc1-c1nc2c(-c3ccc4c(c3)CCCC[C@H]4N)ccnc2[nH]1. The summed E-state index contributed by atoms with van der Waals surface area (Å²) in [5.41, 5.74) is 15.0. The molecule has 0 aliphatic heterocycles. The predicted molar refractivity (Wildman–Crippen MR) is 120 cm³/mol. The highest BCUT2D eigenvalue weighted by molar-refractivity contribution is 5.91. The lowest BCUT2D eigenvalue weighted by Crippen LogP contribution is -2.10. The average Bonchev–Trinajstić information content (AvgIpc) is 3.28. The number of aromatic amines is 1. The number of nitrogens with one attached hydrogen (secondary N) is 1. The highest BCUT2D eigenvalue weighted by Crippen LogP contribution is 2.34. The third-order valence-corrected chi connectivity index (χ3v) is 6.15. The van der Waals surface area contributed by atoms with E-state index in [0.29, 0.717) is 6.04 Å². The smallest absolute Gasteiger partial charge is 0.158 e. The summed E-state index contributed by atoms with van der Waals surface area (Å²) in [5.74, 6) is 0.811. The van der Waals surface area contributed by atoms with Crippen LogP contribution in [0.1, 0.15) is 62.0 Å². The van der Waals surface area contributed by atoms with Gasteiger partial charge in [0.15, 0.2) is 5.65 Å². The molecule has 6 nitrogen and oxygen atoms in total. The Kier molecular flexibility index (Phi) is 4.66. The monoisotopic (exact) mass is 400 g/mol. The van der Waals surface area contributed by atoms with E-state index in [0.717, 1.165) is 46.7 Å². The lowest BCUT2D eigenvalue weighted by Gasteiger charge is -2.14. The second-order valence-corrected chi connectivity index (χ2v) is 8.61. The largest absolute Gasteiger partial charge is 0.324 e. The zero-order valence-electron chi connectivity index (χ0n) is 17.8. The van der Waals surface area contributed by atoms with Crippen LogP contribution in [0.15, 0.2) is 36.7 Å². The number of nitrogens with zero attached hydrogens (tertiary/aromatic N) is 4. The van der Waals surface area contributed by atoms with Gasteiger partial charge in [0.1, 0.15) is 11.3 Å². The fourth-order valence-corrected chi connectivity index (χ4v) is 4.44. The first kappa shape index (κ1) is 19.0. The summed E-state index contributed by atoms with van der Waals surface area (Å²) in [5, 5.41) is 4.63. The van der Waals surface area contributed by atoms with E-state index < -0.39 is 0 Å². The van der Waals surface area contributed by atoms with Crippen LogP contribution in [0.25, 0.3) is 33.7 Å². The van der Waals surface area contributed by atoms with Crippen molar-refractivity contribution in [1.82, 2.24) is 24.7 Å². The van der Waals surface area contributed by atoms with Crippen LogP contribution in [0.4, 0.5) is 0 Å². The molecule has 154 valence electrons. The molecule has 0 saturated heterocycles. The third kappa shape index (κ3) is 3.21. The van der Waals surface area contributed by atoms with Crippen molar-refractivity contribution in [2.75, 3.05) is 0 Å². The Morgan fingerprint density at radius 2 is 2.03 bits per heavy atom. The molecule has 0 bridgehead atoms. The molecule has 1 aliphatic carbocycles. The minimum Gasteiger partial charge on any atom is -0.324 e. The lowest BCUT2D eigenvalue weighted by atomic mass is 9.94. The maximum absolute atomic E-state index is 6.40. The number of rotatable bonds is 3. The van der Waals surface area contributed by atoms with E-state index in [1.165, 1.54) is 29.5 Å². The summed E-state index contributed by atoms with van der Waals surface area (Å²) in [4.78, 5) is 12.9. The van der Waals surface area contributed by atoms with Crippen molar-refractivity contribution in [3.05, 3.63) is 53.5 Å². The number of pyridine rings is 1. The molecule has 0 saturated carbocycles. The van der Waals surface area contributed by atoms with Crippen LogP contribution < -0.4 is 5.73 Å². The first-order valence-electron chi connectivity index (χ1n) is 10.8. The van der Waals surface area contributed by atoms with Gasteiger partial charge < -0.3 is 10.7 Å². The van der Waals surface area contributed by atoms with Gasteiger partial charge in [-0.05, 0) is 62.8 Å². The van der Waals surface area contributed by atoms with Gasteiger partial charge >= 0.3 is 0 Å². The molecular weight excluding hydrogens is 372 g/mol. The van der Waals surface area contributed by atoms with E-state index in [9.17, 15) is 0 Å². The Bertz CT molecular complexity index is 1220. The Hall–Kier alpha value is -2.99. The van der Waals surface area contributed by atoms with Gasteiger partial charge in [-0.1, -0.05) is 24.6 Å². The summed E-state index contributed by atoms with van der Waals surface area (Å²) < 4.78 is 1.97. The van der Waals surface area contributed by atoms with Gasteiger partial charge in [-0.25, -0.2) is 9.97 Å². The van der Waals surface area contributed by atoms with Crippen molar-refractivity contribution in [3.8, 4) is 22.5 Å². The summed E-state index contributed by atoms with van der Waals surface area (Å²) in [6.45, 7) is 6.27. The minimum atomic E-state index is 0.145. The molecule has 5 rings (SSSR count). The summed E-state index contributed by atoms with van der Waals surface area (Å²) in [6, 6.07) is 9.18. The predicted octanol–water partition coefficient (Wildman–Crippen LogP) is 5.10.